The number of halogens is 4. The van der Waals surface area contributed by atoms with Crippen LogP contribution in [0.15, 0.2) is 56.9 Å². The highest BCUT2D eigenvalue weighted by Crippen LogP contribution is 2.36. The van der Waals surface area contributed by atoms with Crippen molar-refractivity contribution in [3.05, 3.63) is 68.7 Å². The number of hydrogen-bond donors (Lipinski definition) is 2. The number of hydrogen-bond acceptors (Lipinski definition) is 5. The van der Waals surface area contributed by atoms with E-state index in [0.29, 0.717) is 0 Å². The number of rotatable bonds is 6. The maximum Gasteiger partial charge on any atom is 0.271 e. The summed E-state index contributed by atoms with van der Waals surface area (Å²) < 4.78 is 68.7. The summed E-state index contributed by atoms with van der Waals surface area (Å²) >= 11 is 18.6. The van der Waals surface area contributed by atoms with E-state index in [1.807, 2.05) is 0 Å². The summed E-state index contributed by atoms with van der Waals surface area (Å²) in [6.07, 6.45) is 0. The van der Waals surface area contributed by atoms with Crippen LogP contribution in [-0.2, 0) is 20.0 Å². The van der Waals surface area contributed by atoms with Crippen molar-refractivity contribution in [1.82, 2.24) is 0 Å². The third-order valence-corrected chi connectivity index (χ3v) is 8.59. The van der Waals surface area contributed by atoms with Gasteiger partial charge in [0.25, 0.3) is 20.0 Å². The van der Waals surface area contributed by atoms with Crippen LogP contribution in [0.4, 0.5) is 15.8 Å². The zero-order chi connectivity index (χ0) is 21.4. The van der Waals surface area contributed by atoms with Gasteiger partial charge in [-0.25, -0.2) is 21.2 Å². The van der Waals surface area contributed by atoms with Gasteiger partial charge in [-0.15, -0.1) is 11.3 Å². The van der Waals surface area contributed by atoms with Crippen molar-refractivity contribution in [2.45, 2.75) is 9.10 Å². The van der Waals surface area contributed by atoms with Crippen LogP contribution in [0.1, 0.15) is 0 Å². The van der Waals surface area contributed by atoms with Crippen molar-refractivity contribution in [2.24, 2.45) is 0 Å². The Bertz CT molecular complexity index is 1280. The molecule has 0 aliphatic rings. The van der Waals surface area contributed by atoms with Gasteiger partial charge in [-0.05, 0) is 41.8 Å². The first-order valence-electron chi connectivity index (χ1n) is 7.53. The SMILES string of the molecule is O=S(=O)(Nc1cc(Cl)c(Cl)cc1NS(=O)(=O)c1cc(Cl)ccc1F)c1cccs1. The molecule has 0 aliphatic heterocycles. The molecule has 2 N–H and O–H groups in total. The minimum absolute atomic E-state index is 0.000430. The van der Waals surface area contributed by atoms with Crippen LogP contribution in [0.3, 0.4) is 0 Å². The number of benzene rings is 2. The summed E-state index contributed by atoms with van der Waals surface area (Å²) in [6.45, 7) is 0. The largest absolute Gasteiger partial charge is 0.277 e. The smallest absolute Gasteiger partial charge is 0.271 e. The molecule has 0 bridgehead atoms. The predicted octanol–water partition coefficient (Wildman–Crippen LogP) is 5.45. The van der Waals surface area contributed by atoms with E-state index < -0.39 is 30.8 Å². The van der Waals surface area contributed by atoms with Gasteiger partial charge in [-0.3, -0.25) is 9.44 Å². The Kier molecular flexibility index (Phi) is 6.32. The van der Waals surface area contributed by atoms with E-state index in [1.165, 1.54) is 12.1 Å². The summed E-state index contributed by atoms with van der Waals surface area (Å²) in [7, 11) is -8.49. The number of sulfonamides is 2. The molecule has 1 aromatic heterocycles. The maximum atomic E-state index is 14.0. The quantitative estimate of drug-likeness (QED) is 0.457. The molecule has 0 saturated heterocycles. The fraction of sp³-hybridized carbons (Fsp3) is 0. The van der Waals surface area contributed by atoms with Crippen LogP contribution in [0.25, 0.3) is 0 Å². The average Bonchev–Trinajstić information content (AvgIpc) is 3.16. The Labute approximate surface area is 185 Å². The lowest BCUT2D eigenvalue weighted by atomic mass is 10.3. The second-order valence-corrected chi connectivity index (χ2v) is 11.3. The summed E-state index contributed by atoms with van der Waals surface area (Å²) in [6, 6.07) is 8.17. The third-order valence-electron chi connectivity index (χ3n) is 3.49. The van der Waals surface area contributed by atoms with Crippen LogP contribution in [0.2, 0.25) is 15.1 Å². The molecule has 154 valence electrons. The topological polar surface area (TPSA) is 92.3 Å². The molecule has 3 aromatic rings. The second kappa shape index (κ2) is 8.29. The zero-order valence-corrected chi connectivity index (χ0v) is 18.7. The molecule has 0 fully saturated rings. The first-order chi connectivity index (χ1) is 13.5. The van der Waals surface area contributed by atoms with E-state index >= 15 is 0 Å². The highest BCUT2D eigenvalue weighted by atomic mass is 35.5. The highest BCUT2D eigenvalue weighted by molar-refractivity contribution is 7.94. The molecule has 0 spiro atoms. The van der Waals surface area contributed by atoms with Gasteiger partial charge in [0.15, 0.2) is 0 Å². The van der Waals surface area contributed by atoms with Crippen molar-refractivity contribution in [3.8, 4) is 0 Å². The van der Waals surface area contributed by atoms with Crippen LogP contribution < -0.4 is 9.44 Å². The van der Waals surface area contributed by atoms with E-state index in [9.17, 15) is 21.2 Å². The number of thiophene rings is 1. The normalized spacial score (nSPS) is 12.0. The molecular formula is C16H10Cl3FN2O4S3. The van der Waals surface area contributed by atoms with Crippen molar-refractivity contribution in [1.29, 1.82) is 0 Å². The predicted molar refractivity (Wildman–Crippen MR) is 114 cm³/mol. The first kappa shape index (κ1) is 22.1. The highest BCUT2D eigenvalue weighted by Gasteiger charge is 2.24. The molecule has 0 aliphatic carbocycles. The molecule has 0 saturated carbocycles. The van der Waals surface area contributed by atoms with Crippen LogP contribution in [-0.4, -0.2) is 16.8 Å². The monoisotopic (exact) mass is 514 g/mol. The Balaban J connectivity index is 2.05. The van der Waals surface area contributed by atoms with E-state index in [2.05, 4.69) is 9.44 Å². The zero-order valence-electron chi connectivity index (χ0n) is 14.0. The summed E-state index contributed by atoms with van der Waals surface area (Å²) in [4.78, 5) is -0.719. The van der Waals surface area contributed by atoms with Crippen LogP contribution in [0, 0.1) is 5.82 Å². The lowest BCUT2D eigenvalue weighted by Crippen LogP contribution is -2.18. The minimum atomic E-state index is -4.47. The Morgan fingerprint density at radius 3 is 1.97 bits per heavy atom. The molecule has 0 unspecified atom stereocenters. The minimum Gasteiger partial charge on any atom is -0.277 e. The molecule has 1 heterocycles. The van der Waals surface area contributed by atoms with Crippen LogP contribution in [0.5, 0.6) is 0 Å². The Morgan fingerprint density at radius 2 is 1.41 bits per heavy atom. The van der Waals surface area contributed by atoms with Gasteiger partial charge >= 0.3 is 0 Å². The number of nitrogens with one attached hydrogen (secondary N) is 2. The average molecular weight is 516 g/mol. The summed E-state index contributed by atoms with van der Waals surface area (Å²) in [5.41, 5.74) is -0.447. The van der Waals surface area contributed by atoms with Gasteiger partial charge in [0.1, 0.15) is 14.9 Å². The Morgan fingerprint density at radius 1 is 0.828 bits per heavy atom. The van der Waals surface area contributed by atoms with Crippen molar-refractivity contribution < 1.29 is 21.2 Å². The van der Waals surface area contributed by atoms with E-state index in [1.54, 1.807) is 11.4 Å². The van der Waals surface area contributed by atoms with E-state index in [4.69, 9.17) is 34.8 Å². The second-order valence-electron chi connectivity index (χ2n) is 5.53. The molecule has 0 atom stereocenters. The molecule has 0 radical (unpaired) electrons. The molecule has 6 nitrogen and oxygen atoms in total. The molecule has 13 heteroatoms. The van der Waals surface area contributed by atoms with Crippen molar-refractivity contribution in [3.63, 3.8) is 0 Å². The van der Waals surface area contributed by atoms with Crippen LogP contribution >= 0.6 is 46.1 Å². The fourth-order valence-corrected chi connectivity index (χ4v) is 6.01. The third kappa shape index (κ3) is 4.96. The Hall–Kier alpha value is -1.56. The fourth-order valence-electron chi connectivity index (χ4n) is 2.21. The van der Waals surface area contributed by atoms with Gasteiger partial charge in [-0.2, -0.15) is 0 Å². The standard InChI is InChI=1S/C16H10Cl3FN2O4S3/c17-9-3-4-12(20)15(6-9)28(23,24)21-13-7-10(18)11(19)8-14(13)22-29(25,26)16-2-1-5-27-16/h1-8,21-22H. The molecule has 29 heavy (non-hydrogen) atoms. The van der Waals surface area contributed by atoms with Gasteiger partial charge in [0, 0.05) is 5.02 Å². The van der Waals surface area contributed by atoms with Gasteiger partial charge in [0.2, 0.25) is 0 Å². The molecule has 2 aromatic carbocycles. The van der Waals surface area contributed by atoms with Gasteiger partial charge < -0.3 is 0 Å². The first-order valence-corrected chi connectivity index (χ1v) is 12.5. The molecular weight excluding hydrogens is 506 g/mol. The lowest BCUT2D eigenvalue weighted by molar-refractivity contribution is 0.570. The maximum absolute atomic E-state index is 14.0. The van der Waals surface area contributed by atoms with Crippen molar-refractivity contribution in [2.75, 3.05) is 9.44 Å². The summed E-state index contributed by atoms with van der Waals surface area (Å²) in [5.74, 6) is -1.04. The van der Waals surface area contributed by atoms with Gasteiger partial charge in [-0.1, -0.05) is 40.9 Å². The van der Waals surface area contributed by atoms with Gasteiger partial charge in [0.05, 0.1) is 21.4 Å². The van der Waals surface area contributed by atoms with Crippen molar-refractivity contribution >= 4 is 77.6 Å². The summed E-state index contributed by atoms with van der Waals surface area (Å²) in [5, 5.41) is 1.50. The molecule has 0 amide bonds. The van der Waals surface area contributed by atoms with E-state index in [0.717, 1.165) is 35.6 Å². The number of anilines is 2. The molecule has 3 rings (SSSR count). The lowest BCUT2D eigenvalue weighted by Gasteiger charge is -2.16. The van der Waals surface area contributed by atoms with E-state index in [-0.39, 0.29) is 30.7 Å².